The molecule has 0 spiro atoms. The smallest absolute Gasteiger partial charge is 0.423 e. The summed E-state index contributed by atoms with van der Waals surface area (Å²) in [6, 6.07) is 0. The van der Waals surface area contributed by atoms with Crippen molar-refractivity contribution in [2.75, 3.05) is 47.1 Å². The van der Waals surface area contributed by atoms with Crippen molar-refractivity contribution in [2.24, 2.45) is 16.0 Å². The molecule has 0 saturated carbocycles. The Bertz CT molecular complexity index is 1390. The highest BCUT2D eigenvalue weighted by Gasteiger charge is 2.30. The summed E-state index contributed by atoms with van der Waals surface area (Å²) < 4.78 is 15.4. The number of imide groups is 5. The van der Waals surface area contributed by atoms with E-state index >= 15 is 0 Å². The number of nitrogens with two attached hydrogens (primary N) is 2. The molecule has 3 heterocycles. The van der Waals surface area contributed by atoms with Gasteiger partial charge in [0.25, 0.3) is 35.4 Å². The number of primary amides is 1. The first-order valence-corrected chi connectivity index (χ1v) is 14.6. The maximum Gasteiger partial charge on any atom is 0.423 e. The molecule has 0 saturated heterocycles. The van der Waals surface area contributed by atoms with Crippen molar-refractivity contribution in [3.63, 3.8) is 0 Å². The van der Waals surface area contributed by atoms with E-state index in [1.807, 2.05) is 0 Å². The number of hydrogen-bond donors (Lipinski definition) is 4. The lowest BCUT2D eigenvalue weighted by atomic mass is 10.3. The standard InChI is InChI=1S/C8H8N2O4S.C8H9NO4.C6H5NO4.C4H9NO3.C2H5NO2/c11-6-3-4-7(12)10(6)5-1-2-8(13)14-9-15;10-6-3-4-7(11)9(6)5-1-2-8(12)13;1-11-6(10)7-4(8)2-3-5(7)9;5-1-2-8-3-4(6)7;1-5-2(3)4/h3-4H,1-2,5H2;3-4H,1-2,5H2,(H,12,13);2-3H,1H3;1-3,5H2,(H,6,7);1H3,(H2,3,4). The molecule has 0 unspecified atom stereocenters. The van der Waals surface area contributed by atoms with Crippen LogP contribution in [-0.2, 0) is 74.6 Å². The van der Waals surface area contributed by atoms with Crippen molar-refractivity contribution < 1.29 is 82.0 Å². The van der Waals surface area contributed by atoms with Crippen molar-refractivity contribution in [1.29, 1.82) is 0 Å². The van der Waals surface area contributed by atoms with E-state index in [1.54, 1.807) is 0 Å². The molecule has 0 fully saturated rings. The lowest BCUT2D eigenvalue weighted by Gasteiger charge is -2.12. The molecule has 3 aliphatic heterocycles. The van der Waals surface area contributed by atoms with Crippen LogP contribution in [0, 0.1) is 0 Å². The Morgan fingerprint density at radius 2 is 1.12 bits per heavy atom. The minimum Gasteiger partial charge on any atom is -0.481 e. The van der Waals surface area contributed by atoms with Gasteiger partial charge < -0.3 is 40.7 Å². The summed E-state index contributed by atoms with van der Waals surface area (Å²) in [4.78, 5) is 123. The molecule has 0 radical (unpaired) electrons. The van der Waals surface area contributed by atoms with Gasteiger partial charge in [-0.3, -0.25) is 43.4 Å². The summed E-state index contributed by atoms with van der Waals surface area (Å²) in [5, 5.41) is 16.3. The van der Waals surface area contributed by atoms with Gasteiger partial charge in [-0.15, -0.1) is 0 Å². The van der Waals surface area contributed by atoms with Crippen molar-refractivity contribution >= 4 is 78.0 Å². The molecule has 3 rings (SSSR count). The van der Waals surface area contributed by atoms with E-state index in [4.69, 9.17) is 15.9 Å². The van der Waals surface area contributed by atoms with Gasteiger partial charge >= 0.3 is 30.1 Å². The zero-order valence-corrected chi connectivity index (χ0v) is 28.5. The van der Waals surface area contributed by atoms with E-state index in [2.05, 4.69) is 41.7 Å². The second kappa shape index (κ2) is 27.5. The third kappa shape index (κ3) is 21.6. The van der Waals surface area contributed by atoms with E-state index in [-0.39, 0.29) is 56.2 Å². The van der Waals surface area contributed by atoms with Gasteiger partial charge in [-0.05, 0) is 17.4 Å². The molecule has 0 aliphatic carbocycles. The second-order valence-corrected chi connectivity index (χ2v) is 9.18. The third-order valence-electron chi connectivity index (χ3n) is 5.33. The predicted molar refractivity (Wildman–Crippen MR) is 171 cm³/mol. The van der Waals surface area contributed by atoms with E-state index in [1.165, 1.54) is 31.4 Å². The van der Waals surface area contributed by atoms with Crippen molar-refractivity contribution in [3.8, 4) is 0 Å². The molecule has 6 N–H and O–H groups in total. The number of rotatable bonds is 13. The van der Waals surface area contributed by atoms with Gasteiger partial charge in [-0.1, -0.05) is 0 Å². The van der Waals surface area contributed by atoms with Gasteiger partial charge in [0, 0.05) is 68.9 Å². The fraction of sp³-hybridized carbons (Fsp3) is 0.393. The monoisotopic (exact) mass is 760 g/mol. The topological polar surface area (TPSA) is 339 Å². The number of hydrogen-bond acceptors (Lipinski definition) is 18. The Morgan fingerprint density at radius 1 is 0.712 bits per heavy atom. The number of ether oxygens (including phenoxy) is 3. The largest absolute Gasteiger partial charge is 0.481 e. The van der Waals surface area contributed by atoms with E-state index in [0.29, 0.717) is 30.9 Å². The Hall–Kier alpha value is -6.27. The Balaban J connectivity index is 0. The Kier molecular flexibility index (Phi) is 25.3. The number of nitrogens with zero attached hydrogens (tertiary/aromatic N) is 4. The Labute approximate surface area is 299 Å². The number of amides is 8. The Morgan fingerprint density at radius 3 is 1.44 bits per heavy atom. The number of methoxy groups -OCH3 is 2. The number of carboxylic acid groups (broad SMARTS) is 2. The normalized spacial score (nSPS) is 13.5. The van der Waals surface area contributed by atoms with E-state index in [0.717, 1.165) is 29.1 Å². The number of carbonyl (C=O) groups excluding carboxylic acids is 9. The van der Waals surface area contributed by atoms with Gasteiger partial charge in [-0.2, -0.15) is 4.90 Å². The SMILES string of the molecule is COC(=O)N1C(=O)C=CC1=O.COC(N)=O.NCCOCC(=O)O.O=C(CCCN1C(=O)C=CC1=O)ON=S.O=C(O)CCCN1C(=O)C=CC1=O. The number of carbonyl (C=O) groups is 11. The summed E-state index contributed by atoms with van der Waals surface area (Å²) in [7, 11) is 2.32. The maximum atomic E-state index is 11.1. The quantitative estimate of drug-likeness (QED) is 0.0904. The molecule has 23 nitrogen and oxygen atoms in total. The fourth-order valence-corrected chi connectivity index (χ4v) is 3.16. The van der Waals surface area contributed by atoms with Crippen LogP contribution in [0.2, 0.25) is 0 Å². The van der Waals surface area contributed by atoms with Crippen LogP contribution in [0.3, 0.4) is 0 Å². The lowest BCUT2D eigenvalue weighted by molar-refractivity contribution is -0.144. The van der Waals surface area contributed by atoms with Gasteiger partial charge in [0.05, 0.1) is 33.3 Å². The minimum atomic E-state index is -0.960. The van der Waals surface area contributed by atoms with Crippen LogP contribution in [0.5, 0.6) is 0 Å². The maximum absolute atomic E-state index is 11.1. The summed E-state index contributed by atoms with van der Waals surface area (Å²) in [6.45, 7) is 0.797. The van der Waals surface area contributed by atoms with Crippen LogP contribution >= 0.6 is 0 Å². The summed E-state index contributed by atoms with van der Waals surface area (Å²) >= 11 is 4.08. The minimum absolute atomic E-state index is 0.0307. The lowest BCUT2D eigenvalue weighted by Crippen LogP contribution is -2.35. The van der Waals surface area contributed by atoms with Gasteiger partial charge in [0.15, 0.2) is 0 Å². The summed E-state index contributed by atoms with van der Waals surface area (Å²) in [5.41, 5.74) is 9.43. The molecule has 3 aliphatic rings. The number of carboxylic acids is 2. The summed E-state index contributed by atoms with van der Waals surface area (Å²) in [5.74, 6) is -5.24. The van der Waals surface area contributed by atoms with Crippen LogP contribution in [-0.4, -0.2) is 138 Å². The second-order valence-electron chi connectivity index (χ2n) is 9.03. The predicted octanol–water partition coefficient (Wildman–Crippen LogP) is -1.91. The highest BCUT2D eigenvalue weighted by molar-refractivity contribution is 7.47. The van der Waals surface area contributed by atoms with Gasteiger partial charge in [0.1, 0.15) is 6.61 Å². The average molecular weight is 761 g/mol. The average Bonchev–Trinajstić information content (AvgIpc) is 3.72. The first-order chi connectivity index (χ1) is 24.5. The molecular formula is C28H36N6O17S. The highest BCUT2D eigenvalue weighted by Crippen LogP contribution is 2.07. The molecular weight excluding hydrogens is 724 g/mol. The van der Waals surface area contributed by atoms with Crippen molar-refractivity contribution in [2.45, 2.75) is 25.7 Å². The van der Waals surface area contributed by atoms with Crippen molar-refractivity contribution in [1.82, 2.24) is 14.7 Å². The third-order valence-corrected chi connectivity index (χ3v) is 5.41. The number of aliphatic carboxylic acids is 2. The van der Waals surface area contributed by atoms with Crippen LogP contribution in [0.25, 0.3) is 0 Å². The van der Waals surface area contributed by atoms with E-state index < -0.39 is 41.9 Å². The molecule has 0 aromatic rings. The van der Waals surface area contributed by atoms with Gasteiger partial charge in [-0.25, -0.2) is 19.2 Å². The molecule has 286 valence electrons. The molecule has 8 amide bonds. The molecule has 24 heteroatoms. The first kappa shape index (κ1) is 47.8. The van der Waals surface area contributed by atoms with E-state index in [9.17, 15) is 52.7 Å². The van der Waals surface area contributed by atoms with Crippen LogP contribution in [0.1, 0.15) is 25.7 Å². The zero-order chi connectivity index (χ0) is 40.2. The highest BCUT2D eigenvalue weighted by atomic mass is 32.1. The molecule has 0 aromatic carbocycles. The van der Waals surface area contributed by atoms with Gasteiger partial charge in [0.2, 0.25) is 0 Å². The molecule has 0 bridgehead atoms. The van der Waals surface area contributed by atoms with Crippen LogP contribution < -0.4 is 11.5 Å². The molecule has 0 aromatic heterocycles. The fourth-order valence-electron chi connectivity index (χ4n) is 3.07. The summed E-state index contributed by atoms with van der Waals surface area (Å²) in [6.07, 6.45) is 5.75. The molecule has 0 atom stereocenters. The van der Waals surface area contributed by atoms with Crippen LogP contribution in [0.15, 0.2) is 41.0 Å². The van der Waals surface area contributed by atoms with Crippen LogP contribution in [0.4, 0.5) is 9.59 Å². The van der Waals surface area contributed by atoms with Crippen molar-refractivity contribution in [3.05, 3.63) is 36.5 Å². The molecule has 52 heavy (non-hydrogen) atoms. The zero-order valence-electron chi connectivity index (χ0n) is 27.7. The first-order valence-electron chi connectivity index (χ1n) is 14.3.